The maximum atomic E-state index is 12.4. The number of nitrogens with two attached hydrogens (primary N) is 1. The lowest BCUT2D eigenvalue weighted by molar-refractivity contribution is -0.120. The Balaban J connectivity index is 1.31. The monoisotopic (exact) mass is 535 g/mol. The van der Waals surface area contributed by atoms with Crippen LogP contribution in [0.15, 0.2) is 77.7 Å². The number of carbonyl (C=O) groups excluding carboxylic acids is 1. The van der Waals surface area contributed by atoms with Crippen LogP contribution in [0, 0.1) is 0 Å². The van der Waals surface area contributed by atoms with Gasteiger partial charge in [-0.05, 0) is 61.9 Å². The Morgan fingerprint density at radius 3 is 2.55 bits per heavy atom. The van der Waals surface area contributed by atoms with E-state index in [4.69, 9.17) is 10.7 Å². The van der Waals surface area contributed by atoms with E-state index in [1.54, 1.807) is 6.20 Å². The van der Waals surface area contributed by atoms with Gasteiger partial charge >= 0.3 is 5.69 Å². The summed E-state index contributed by atoms with van der Waals surface area (Å²) in [5.41, 5.74) is 11.4. The molecule has 5 N–H and O–H groups in total. The summed E-state index contributed by atoms with van der Waals surface area (Å²) in [5.74, 6) is 0.0149. The van der Waals surface area contributed by atoms with E-state index in [0.717, 1.165) is 65.4 Å². The fourth-order valence-electron chi connectivity index (χ4n) is 5.52. The van der Waals surface area contributed by atoms with Crippen molar-refractivity contribution >= 4 is 22.5 Å². The molecule has 0 unspecified atom stereocenters. The van der Waals surface area contributed by atoms with Crippen molar-refractivity contribution in [1.82, 2.24) is 30.2 Å². The highest BCUT2D eigenvalue weighted by molar-refractivity contribution is 5.98. The smallest absolute Gasteiger partial charge is 0.347 e. The molecule has 0 aliphatic heterocycles. The van der Waals surface area contributed by atoms with Crippen LogP contribution in [0.5, 0.6) is 0 Å². The van der Waals surface area contributed by atoms with Crippen molar-refractivity contribution in [2.75, 3.05) is 19.6 Å². The van der Waals surface area contributed by atoms with Crippen molar-refractivity contribution in [2.45, 2.75) is 37.6 Å². The predicted molar refractivity (Wildman–Crippen MR) is 157 cm³/mol. The highest BCUT2D eigenvalue weighted by Crippen LogP contribution is 2.42. The molecule has 6 rings (SSSR count). The number of pyridine rings is 2. The molecule has 1 aliphatic rings. The van der Waals surface area contributed by atoms with Gasteiger partial charge in [0.15, 0.2) is 5.65 Å². The molecule has 0 radical (unpaired) electrons. The number of nitrogens with one attached hydrogen (secondary N) is 3. The first kappa shape index (κ1) is 25.9. The number of fused-ring (bicyclic) bond motifs is 3. The molecule has 0 bridgehead atoms. The zero-order valence-electron chi connectivity index (χ0n) is 22.3. The topological polar surface area (TPSA) is 130 Å². The van der Waals surface area contributed by atoms with Crippen LogP contribution in [0.3, 0.4) is 0 Å². The first-order valence-corrected chi connectivity index (χ1v) is 13.9. The van der Waals surface area contributed by atoms with E-state index in [2.05, 4.69) is 63.3 Å². The predicted octanol–water partition coefficient (Wildman–Crippen LogP) is 3.73. The van der Waals surface area contributed by atoms with Crippen molar-refractivity contribution in [3.8, 4) is 22.4 Å². The molecule has 0 spiro atoms. The molecule has 0 saturated heterocycles. The normalized spacial score (nSPS) is 14.3. The maximum absolute atomic E-state index is 12.4. The Bertz CT molecular complexity index is 1700. The number of hydrogen-bond acceptors (Lipinski definition) is 6. The highest BCUT2D eigenvalue weighted by atomic mass is 16.2. The number of rotatable bonds is 10. The fourth-order valence-corrected chi connectivity index (χ4v) is 5.52. The molecule has 40 heavy (non-hydrogen) atoms. The Morgan fingerprint density at radius 1 is 1.02 bits per heavy atom. The molecule has 5 aromatic rings. The molecule has 9 nitrogen and oxygen atoms in total. The second-order valence-electron chi connectivity index (χ2n) is 10.4. The van der Waals surface area contributed by atoms with Gasteiger partial charge in [-0.15, -0.1) is 0 Å². The average molecular weight is 536 g/mol. The van der Waals surface area contributed by atoms with Crippen molar-refractivity contribution in [2.24, 2.45) is 5.73 Å². The number of amides is 1. The van der Waals surface area contributed by atoms with Gasteiger partial charge in [-0.1, -0.05) is 54.6 Å². The van der Waals surface area contributed by atoms with Gasteiger partial charge in [-0.25, -0.2) is 19.3 Å². The molecule has 0 atom stereocenters. The van der Waals surface area contributed by atoms with E-state index in [1.807, 2.05) is 24.3 Å². The van der Waals surface area contributed by atoms with Crippen molar-refractivity contribution in [1.29, 1.82) is 0 Å². The number of benzene rings is 2. The van der Waals surface area contributed by atoms with Crippen LogP contribution in [-0.4, -0.2) is 45.1 Å². The molecule has 1 aliphatic carbocycles. The molecule has 3 heterocycles. The zero-order valence-corrected chi connectivity index (χ0v) is 22.3. The lowest BCUT2D eigenvalue weighted by Gasteiger charge is -2.43. The Kier molecular flexibility index (Phi) is 7.15. The van der Waals surface area contributed by atoms with Gasteiger partial charge in [0, 0.05) is 34.8 Å². The molecule has 1 saturated carbocycles. The molecule has 1 fully saturated rings. The summed E-state index contributed by atoms with van der Waals surface area (Å²) in [5, 5.41) is 14.1. The lowest BCUT2D eigenvalue weighted by atomic mass is 9.71. The van der Waals surface area contributed by atoms with Gasteiger partial charge in [0.25, 0.3) is 0 Å². The zero-order chi connectivity index (χ0) is 27.5. The van der Waals surface area contributed by atoms with Crippen LogP contribution in [0.4, 0.5) is 0 Å². The third kappa shape index (κ3) is 4.89. The Morgan fingerprint density at radius 2 is 1.82 bits per heavy atom. The summed E-state index contributed by atoms with van der Waals surface area (Å²) in [7, 11) is 0. The average Bonchev–Trinajstić information content (AvgIpc) is 3.36. The molecule has 2 aromatic carbocycles. The number of carbonyl (C=O) groups is 1. The molecule has 1 amide bonds. The van der Waals surface area contributed by atoms with Gasteiger partial charge in [0.2, 0.25) is 5.91 Å². The quantitative estimate of drug-likeness (QED) is 0.202. The van der Waals surface area contributed by atoms with E-state index in [9.17, 15) is 9.59 Å². The summed E-state index contributed by atoms with van der Waals surface area (Å²) in [6.07, 6.45) is 6.63. The standard InChI is InChI=1S/C31H33N7O2/c32-16-4-5-17-33-27(39)20-34-31(14-6-15-31)23-11-9-22(10-12-23)28-24(21-7-2-1-3-8-21)19-25-26(35-28)13-18-38-29(25)36-37-30(38)40/h1-3,7-13,18-19,34H,4-6,14-17,20,32H2,(H,33,39)(H,37,40). The summed E-state index contributed by atoms with van der Waals surface area (Å²) < 4.78 is 1.50. The summed E-state index contributed by atoms with van der Waals surface area (Å²) in [4.78, 5) is 29.6. The van der Waals surface area contributed by atoms with Crippen LogP contribution in [0.1, 0.15) is 37.7 Å². The van der Waals surface area contributed by atoms with Crippen LogP contribution < -0.4 is 22.1 Å². The molecular formula is C31H33N7O2. The van der Waals surface area contributed by atoms with E-state index in [0.29, 0.717) is 25.3 Å². The van der Waals surface area contributed by atoms with Crippen LogP contribution in [0.25, 0.3) is 38.9 Å². The van der Waals surface area contributed by atoms with E-state index in [1.165, 1.54) is 9.96 Å². The number of aromatic amines is 1. The SMILES string of the molecule is NCCCCNC(=O)CNC1(c2ccc(-c3nc4ccn5c(=O)[nH]nc5c4cc3-c3ccccc3)cc2)CCC1. The minimum Gasteiger partial charge on any atom is -0.355 e. The van der Waals surface area contributed by atoms with E-state index in [-0.39, 0.29) is 17.1 Å². The van der Waals surface area contributed by atoms with Crippen molar-refractivity contribution < 1.29 is 4.79 Å². The summed E-state index contributed by atoms with van der Waals surface area (Å²) >= 11 is 0. The molecule has 9 heteroatoms. The molecule has 3 aromatic heterocycles. The first-order valence-electron chi connectivity index (χ1n) is 13.9. The fraction of sp³-hybridized carbons (Fsp3) is 0.290. The molecular weight excluding hydrogens is 502 g/mol. The summed E-state index contributed by atoms with van der Waals surface area (Å²) in [6.45, 7) is 1.59. The number of unbranched alkanes of at least 4 members (excludes halogenated alkanes) is 1. The second kappa shape index (κ2) is 11.0. The second-order valence-corrected chi connectivity index (χ2v) is 10.4. The van der Waals surface area contributed by atoms with Gasteiger partial charge in [-0.2, -0.15) is 5.10 Å². The van der Waals surface area contributed by atoms with Gasteiger partial charge in [0.1, 0.15) is 0 Å². The number of H-pyrrole nitrogens is 1. The highest BCUT2D eigenvalue weighted by Gasteiger charge is 2.38. The third-order valence-corrected chi connectivity index (χ3v) is 7.92. The van der Waals surface area contributed by atoms with Crippen molar-refractivity contribution in [3.05, 3.63) is 89.0 Å². The largest absolute Gasteiger partial charge is 0.355 e. The third-order valence-electron chi connectivity index (χ3n) is 7.92. The van der Waals surface area contributed by atoms with Crippen LogP contribution >= 0.6 is 0 Å². The first-order chi connectivity index (χ1) is 19.6. The maximum Gasteiger partial charge on any atom is 0.347 e. The van der Waals surface area contributed by atoms with Gasteiger partial charge in [-0.3, -0.25) is 10.1 Å². The van der Waals surface area contributed by atoms with Gasteiger partial charge < -0.3 is 11.1 Å². The Labute approximate surface area is 231 Å². The summed E-state index contributed by atoms with van der Waals surface area (Å²) in [6, 6.07) is 22.6. The van der Waals surface area contributed by atoms with E-state index < -0.39 is 0 Å². The van der Waals surface area contributed by atoms with Crippen molar-refractivity contribution in [3.63, 3.8) is 0 Å². The van der Waals surface area contributed by atoms with E-state index >= 15 is 0 Å². The molecule has 204 valence electrons. The van der Waals surface area contributed by atoms with Gasteiger partial charge in [0.05, 0.1) is 17.8 Å². The van der Waals surface area contributed by atoms with Crippen LogP contribution in [0.2, 0.25) is 0 Å². The Hall–Kier alpha value is -4.34. The minimum absolute atomic E-state index is 0.0149. The minimum atomic E-state index is -0.277. The lowest BCUT2D eigenvalue weighted by Crippen LogP contribution is -2.51. The van der Waals surface area contributed by atoms with Crippen LogP contribution in [-0.2, 0) is 10.3 Å². The number of nitrogens with zero attached hydrogens (tertiary/aromatic N) is 3. The number of hydrogen-bond donors (Lipinski definition) is 4. The number of aromatic nitrogens is 4.